The maximum Gasteiger partial charge on any atom is 0.322 e. The number of aliphatic carboxylic acids is 1. The van der Waals surface area contributed by atoms with Crippen molar-refractivity contribution in [3.8, 4) is 0 Å². The molecule has 7 heteroatoms. The molecule has 3 N–H and O–H groups in total. The van der Waals surface area contributed by atoms with Crippen molar-refractivity contribution in [2.24, 2.45) is 0 Å². The Hall–Kier alpha value is -2.54. The summed E-state index contributed by atoms with van der Waals surface area (Å²) in [6, 6.07) is 3.04. The van der Waals surface area contributed by atoms with Gasteiger partial charge in [-0.15, -0.1) is 0 Å². The lowest BCUT2D eigenvalue weighted by Gasteiger charge is -2.19. The van der Waals surface area contributed by atoms with Crippen molar-refractivity contribution >= 4 is 17.4 Å². The van der Waals surface area contributed by atoms with E-state index in [0.717, 1.165) is 12.1 Å². The zero-order valence-electron chi connectivity index (χ0n) is 11.3. The predicted octanol–water partition coefficient (Wildman–Crippen LogP) is 1.24. The lowest BCUT2D eigenvalue weighted by atomic mass is 9.92. The van der Waals surface area contributed by atoms with Crippen molar-refractivity contribution in [2.45, 2.75) is 12.5 Å². The minimum absolute atomic E-state index is 0.0672. The van der Waals surface area contributed by atoms with Crippen LogP contribution in [0.4, 0.5) is 8.78 Å². The zero-order valence-corrected chi connectivity index (χ0v) is 11.3. The lowest BCUT2D eigenvalue weighted by Crippen LogP contribution is -2.34. The number of carbonyl (C=O) groups is 2. The lowest BCUT2D eigenvalue weighted by molar-refractivity contribution is -0.137. The van der Waals surface area contributed by atoms with Crippen LogP contribution in [-0.2, 0) is 9.59 Å². The number of hydrogen-bond acceptors (Lipinski definition) is 3. The van der Waals surface area contributed by atoms with Crippen LogP contribution >= 0.6 is 0 Å². The van der Waals surface area contributed by atoms with Gasteiger partial charge in [-0.2, -0.15) is 0 Å². The SMILES string of the molecule is O=C(O)CNC(=O)C1=CC(c2ccc(F)cc2F)=CCC1O. The first-order valence-electron chi connectivity index (χ1n) is 6.43. The highest BCUT2D eigenvalue weighted by atomic mass is 19.1. The van der Waals surface area contributed by atoms with Crippen LogP contribution in [0, 0.1) is 11.6 Å². The summed E-state index contributed by atoms with van der Waals surface area (Å²) in [7, 11) is 0. The number of aliphatic hydroxyl groups excluding tert-OH is 1. The van der Waals surface area contributed by atoms with Gasteiger partial charge in [-0.25, -0.2) is 8.78 Å². The Morgan fingerprint density at radius 2 is 2.05 bits per heavy atom. The maximum absolute atomic E-state index is 13.8. The summed E-state index contributed by atoms with van der Waals surface area (Å²) in [5.41, 5.74) is 0.350. The molecule has 1 aliphatic rings. The van der Waals surface area contributed by atoms with E-state index in [1.54, 1.807) is 0 Å². The van der Waals surface area contributed by atoms with E-state index in [0.29, 0.717) is 5.57 Å². The van der Waals surface area contributed by atoms with Gasteiger partial charge in [0.2, 0.25) is 5.91 Å². The second-order valence-corrected chi connectivity index (χ2v) is 4.71. The average molecular weight is 309 g/mol. The summed E-state index contributed by atoms with van der Waals surface area (Å²) in [5, 5.41) is 20.5. The van der Waals surface area contributed by atoms with E-state index in [4.69, 9.17) is 5.11 Å². The van der Waals surface area contributed by atoms with Gasteiger partial charge in [-0.1, -0.05) is 6.08 Å². The second-order valence-electron chi connectivity index (χ2n) is 4.71. The quantitative estimate of drug-likeness (QED) is 0.781. The van der Waals surface area contributed by atoms with E-state index in [1.165, 1.54) is 18.2 Å². The first kappa shape index (κ1) is 15.8. The van der Waals surface area contributed by atoms with Crippen molar-refractivity contribution in [1.82, 2.24) is 5.32 Å². The van der Waals surface area contributed by atoms with Gasteiger partial charge in [0.25, 0.3) is 0 Å². The summed E-state index contributed by atoms with van der Waals surface area (Å²) in [4.78, 5) is 22.3. The summed E-state index contributed by atoms with van der Waals surface area (Å²) in [6.07, 6.45) is 1.75. The molecule has 1 amide bonds. The number of carbonyl (C=O) groups excluding carboxylic acids is 1. The zero-order chi connectivity index (χ0) is 16.3. The fourth-order valence-electron chi connectivity index (χ4n) is 2.07. The topological polar surface area (TPSA) is 86.6 Å². The Labute approximate surface area is 124 Å². The number of nitrogens with one attached hydrogen (secondary N) is 1. The number of amides is 1. The molecule has 0 aromatic heterocycles. The fourth-order valence-corrected chi connectivity index (χ4v) is 2.07. The highest BCUT2D eigenvalue weighted by molar-refractivity contribution is 5.99. The van der Waals surface area contributed by atoms with E-state index >= 15 is 0 Å². The molecule has 0 spiro atoms. The van der Waals surface area contributed by atoms with Crippen molar-refractivity contribution < 1.29 is 28.6 Å². The molecule has 1 aromatic rings. The molecule has 0 bridgehead atoms. The molecule has 0 saturated carbocycles. The number of halogens is 2. The van der Waals surface area contributed by atoms with Crippen molar-refractivity contribution in [2.75, 3.05) is 6.54 Å². The molecular weight excluding hydrogens is 296 g/mol. The summed E-state index contributed by atoms with van der Waals surface area (Å²) in [5.74, 6) is -3.48. The number of allylic oxidation sites excluding steroid dienone is 2. The normalized spacial score (nSPS) is 17.5. The number of rotatable bonds is 4. The second kappa shape index (κ2) is 6.48. The van der Waals surface area contributed by atoms with Crippen LogP contribution in [0.25, 0.3) is 5.57 Å². The van der Waals surface area contributed by atoms with Crippen LogP contribution in [0.3, 0.4) is 0 Å². The van der Waals surface area contributed by atoms with Crippen molar-refractivity contribution in [3.05, 3.63) is 53.1 Å². The van der Waals surface area contributed by atoms with E-state index in [9.17, 15) is 23.5 Å². The minimum Gasteiger partial charge on any atom is -0.480 e. The van der Waals surface area contributed by atoms with Crippen LogP contribution < -0.4 is 5.32 Å². The first-order valence-corrected chi connectivity index (χ1v) is 6.43. The molecule has 1 aromatic carbocycles. The molecule has 0 saturated heterocycles. The Bertz CT molecular complexity index is 682. The van der Waals surface area contributed by atoms with Crippen molar-refractivity contribution in [1.29, 1.82) is 0 Å². The standard InChI is InChI=1S/C15H13F2NO4/c16-9-2-3-10(12(17)6-9)8-1-4-13(19)11(5-8)15(22)18-7-14(20)21/h1-3,5-6,13,19H,4,7H2,(H,18,22)(H,20,21). The summed E-state index contributed by atoms with van der Waals surface area (Å²) in [6.45, 7) is -0.590. The monoisotopic (exact) mass is 309 g/mol. The molecule has 116 valence electrons. The largest absolute Gasteiger partial charge is 0.480 e. The van der Waals surface area contributed by atoms with Crippen LogP contribution in [-0.4, -0.2) is 34.7 Å². The van der Waals surface area contributed by atoms with E-state index in [1.807, 2.05) is 0 Å². The summed E-state index contributed by atoms with van der Waals surface area (Å²) >= 11 is 0. The molecule has 1 aliphatic carbocycles. The first-order chi connectivity index (χ1) is 10.4. The molecular formula is C15H13F2NO4. The third kappa shape index (κ3) is 3.56. The fraction of sp³-hybridized carbons (Fsp3) is 0.200. The molecule has 1 atom stereocenters. The van der Waals surface area contributed by atoms with Crippen LogP contribution in [0.15, 0.2) is 35.9 Å². The number of carboxylic acid groups (broad SMARTS) is 1. The van der Waals surface area contributed by atoms with Gasteiger partial charge < -0.3 is 15.5 Å². The van der Waals surface area contributed by atoms with Gasteiger partial charge in [-0.05, 0) is 30.2 Å². The van der Waals surface area contributed by atoms with Gasteiger partial charge >= 0.3 is 5.97 Å². The minimum atomic E-state index is -1.22. The maximum atomic E-state index is 13.8. The number of aliphatic hydroxyl groups is 1. The van der Waals surface area contributed by atoms with Crippen LogP contribution in [0.2, 0.25) is 0 Å². The molecule has 2 rings (SSSR count). The van der Waals surface area contributed by atoms with Crippen LogP contribution in [0.5, 0.6) is 0 Å². The Balaban J connectivity index is 2.27. The van der Waals surface area contributed by atoms with Crippen LogP contribution in [0.1, 0.15) is 12.0 Å². The third-order valence-electron chi connectivity index (χ3n) is 3.14. The Morgan fingerprint density at radius 1 is 1.32 bits per heavy atom. The highest BCUT2D eigenvalue weighted by Gasteiger charge is 2.23. The van der Waals surface area contributed by atoms with Crippen molar-refractivity contribution in [3.63, 3.8) is 0 Å². The van der Waals surface area contributed by atoms with Gasteiger partial charge in [0, 0.05) is 17.2 Å². The average Bonchev–Trinajstić information content (AvgIpc) is 2.45. The smallest absolute Gasteiger partial charge is 0.322 e. The molecule has 22 heavy (non-hydrogen) atoms. The Morgan fingerprint density at radius 3 is 2.68 bits per heavy atom. The third-order valence-corrected chi connectivity index (χ3v) is 3.14. The number of benzene rings is 1. The molecule has 5 nitrogen and oxygen atoms in total. The van der Waals surface area contributed by atoms with Gasteiger partial charge in [0.15, 0.2) is 0 Å². The summed E-state index contributed by atoms with van der Waals surface area (Å²) < 4.78 is 26.7. The highest BCUT2D eigenvalue weighted by Crippen LogP contribution is 2.27. The van der Waals surface area contributed by atoms with Gasteiger partial charge in [0.1, 0.15) is 18.2 Å². The molecule has 0 radical (unpaired) electrons. The number of carboxylic acids is 1. The predicted molar refractivity (Wildman–Crippen MR) is 73.7 cm³/mol. The molecule has 0 aliphatic heterocycles. The van der Waals surface area contributed by atoms with Gasteiger partial charge in [0.05, 0.1) is 6.10 Å². The Kier molecular flexibility index (Phi) is 4.67. The van der Waals surface area contributed by atoms with E-state index < -0.39 is 36.2 Å². The van der Waals surface area contributed by atoms with Gasteiger partial charge in [-0.3, -0.25) is 9.59 Å². The molecule has 1 unspecified atom stereocenters. The van der Waals surface area contributed by atoms with E-state index in [-0.39, 0.29) is 17.6 Å². The number of hydrogen-bond donors (Lipinski definition) is 3. The molecule has 0 heterocycles. The molecule has 0 fully saturated rings. The van der Waals surface area contributed by atoms with E-state index in [2.05, 4.69) is 5.32 Å².